The van der Waals surface area contributed by atoms with Gasteiger partial charge in [-0.25, -0.2) is 8.42 Å². The lowest BCUT2D eigenvalue weighted by atomic mass is 9.77. The molecule has 1 saturated carbocycles. The van der Waals surface area contributed by atoms with Crippen molar-refractivity contribution in [2.24, 2.45) is 11.3 Å². The van der Waals surface area contributed by atoms with Crippen LogP contribution in [0.3, 0.4) is 0 Å². The number of alkyl halides is 1. The van der Waals surface area contributed by atoms with E-state index in [-0.39, 0.29) is 5.41 Å². The van der Waals surface area contributed by atoms with E-state index in [1.807, 2.05) is 0 Å². The Morgan fingerprint density at radius 3 is 2.65 bits per heavy atom. The van der Waals surface area contributed by atoms with Crippen LogP contribution < -0.4 is 0 Å². The molecule has 1 saturated heterocycles. The lowest BCUT2D eigenvalue weighted by Crippen LogP contribution is -2.34. The van der Waals surface area contributed by atoms with Gasteiger partial charge in [0.05, 0.1) is 6.10 Å². The van der Waals surface area contributed by atoms with Crippen LogP contribution in [0.2, 0.25) is 0 Å². The van der Waals surface area contributed by atoms with E-state index in [0.29, 0.717) is 11.9 Å². The van der Waals surface area contributed by atoms with E-state index >= 15 is 0 Å². The second-order valence-corrected chi connectivity index (χ2v) is 8.43. The first-order chi connectivity index (χ1) is 7.97. The SMILES string of the molecule is CS(=O)(=O)CCCC1(CBr)CCOC1C1CC1. The van der Waals surface area contributed by atoms with Gasteiger partial charge in [0.25, 0.3) is 0 Å². The minimum atomic E-state index is -2.83. The molecular formula is C12H21BrO3S. The summed E-state index contributed by atoms with van der Waals surface area (Å²) in [5, 5.41) is 0.935. The number of hydrogen-bond acceptors (Lipinski definition) is 3. The van der Waals surface area contributed by atoms with Gasteiger partial charge in [-0.2, -0.15) is 0 Å². The van der Waals surface area contributed by atoms with E-state index in [2.05, 4.69) is 15.9 Å². The maximum Gasteiger partial charge on any atom is 0.147 e. The van der Waals surface area contributed by atoms with Gasteiger partial charge in [0.2, 0.25) is 0 Å². The Morgan fingerprint density at radius 1 is 1.41 bits per heavy atom. The van der Waals surface area contributed by atoms with E-state index in [1.54, 1.807) is 0 Å². The summed E-state index contributed by atoms with van der Waals surface area (Å²) in [6.45, 7) is 0.839. The van der Waals surface area contributed by atoms with Crippen LogP contribution in [0.1, 0.15) is 32.1 Å². The fourth-order valence-corrected chi connectivity index (χ4v) is 4.46. The quantitative estimate of drug-likeness (QED) is 0.704. The summed E-state index contributed by atoms with van der Waals surface area (Å²) in [5.41, 5.74) is 0.186. The summed E-state index contributed by atoms with van der Waals surface area (Å²) in [5.74, 6) is 1.03. The number of rotatable bonds is 6. The van der Waals surface area contributed by atoms with Crippen molar-refractivity contribution in [1.82, 2.24) is 0 Å². The Labute approximate surface area is 112 Å². The molecule has 0 amide bonds. The van der Waals surface area contributed by atoms with Crippen LogP contribution in [0.25, 0.3) is 0 Å². The Hall–Kier alpha value is 0.390. The second kappa shape index (κ2) is 5.17. The molecule has 2 atom stereocenters. The Kier molecular flexibility index (Phi) is 4.20. The number of ether oxygens (including phenoxy) is 1. The second-order valence-electron chi connectivity index (χ2n) is 5.61. The molecule has 2 rings (SSSR count). The highest BCUT2D eigenvalue weighted by atomic mass is 79.9. The van der Waals surface area contributed by atoms with Crippen molar-refractivity contribution in [3.63, 3.8) is 0 Å². The molecule has 1 heterocycles. The van der Waals surface area contributed by atoms with E-state index in [9.17, 15) is 8.42 Å². The average molecular weight is 325 g/mol. The molecule has 0 aromatic heterocycles. The van der Waals surface area contributed by atoms with Crippen LogP contribution in [0, 0.1) is 11.3 Å². The van der Waals surface area contributed by atoms with Crippen molar-refractivity contribution in [3.8, 4) is 0 Å². The van der Waals surface area contributed by atoms with Gasteiger partial charge < -0.3 is 4.74 Å². The average Bonchev–Trinajstić information content (AvgIpc) is 2.99. The van der Waals surface area contributed by atoms with Crippen LogP contribution >= 0.6 is 15.9 Å². The van der Waals surface area contributed by atoms with Crippen molar-refractivity contribution >= 4 is 25.8 Å². The molecule has 3 nitrogen and oxygen atoms in total. The molecule has 17 heavy (non-hydrogen) atoms. The van der Waals surface area contributed by atoms with Gasteiger partial charge in [-0.15, -0.1) is 0 Å². The van der Waals surface area contributed by atoms with Crippen molar-refractivity contribution in [2.45, 2.75) is 38.2 Å². The summed E-state index contributed by atoms with van der Waals surface area (Å²) >= 11 is 3.62. The third-order valence-corrected chi connectivity index (χ3v) is 6.15. The molecule has 0 bridgehead atoms. The lowest BCUT2D eigenvalue weighted by molar-refractivity contribution is 0.0374. The fourth-order valence-electron chi connectivity index (χ4n) is 2.91. The molecule has 0 spiro atoms. The van der Waals surface area contributed by atoms with Crippen molar-refractivity contribution in [1.29, 1.82) is 0 Å². The summed E-state index contributed by atoms with van der Waals surface area (Å²) in [4.78, 5) is 0. The molecule has 0 N–H and O–H groups in total. The molecule has 1 aliphatic carbocycles. The third kappa shape index (κ3) is 3.44. The van der Waals surface area contributed by atoms with Crippen LogP contribution in [-0.2, 0) is 14.6 Å². The molecule has 5 heteroatoms. The molecule has 2 aliphatic rings. The zero-order chi connectivity index (χ0) is 12.5. The molecule has 0 aromatic carbocycles. The lowest BCUT2D eigenvalue weighted by Gasteiger charge is -2.32. The van der Waals surface area contributed by atoms with Gasteiger partial charge in [-0.1, -0.05) is 15.9 Å². The number of sulfone groups is 1. The molecule has 100 valence electrons. The maximum absolute atomic E-state index is 11.2. The Bertz CT molecular complexity index is 364. The van der Waals surface area contributed by atoms with Crippen molar-refractivity contribution < 1.29 is 13.2 Å². The predicted molar refractivity (Wildman–Crippen MR) is 72.3 cm³/mol. The van der Waals surface area contributed by atoms with Crippen molar-refractivity contribution in [3.05, 3.63) is 0 Å². The van der Waals surface area contributed by atoms with Gasteiger partial charge >= 0.3 is 0 Å². The minimum absolute atomic E-state index is 0.186. The number of hydrogen-bond donors (Lipinski definition) is 0. The van der Waals surface area contributed by atoms with Crippen molar-refractivity contribution in [2.75, 3.05) is 23.9 Å². The topological polar surface area (TPSA) is 43.4 Å². The highest BCUT2D eigenvalue weighted by molar-refractivity contribution is 9.09. The zero-order valence-electron chi connectivity index (χ0n) is 10.3. The first-order valence-electron chi connectivity index (χ1n) is 6.32. The van der Waals surface area contributed by atoms with Gasteiger partial charge in [-0.05, 0) is 38.0 Å². The molecule has 0 radical (unpaired) electrons. The highest BCUT2D eigenvalue weighted by Gasteiger charge is 2.49. The van der Waals surface area contributed by atoms with Gasteiger partial charge in [0.15, 0.2) is 0 Å². The van der Waals surface area contributed by atoms with Gasteiger partial charge in [-0.3, -0.25) is 0 Å². The predicted octanol–water partition coefficient (Wildman–Crippen LogP) is 2.39. The summed E-state index contributed by atoms with van der Waals surface area (Å²) in [7, 11) is -2.83. The Balaban J connectivity index is 1.94. The molecule has 1 aliphatic heterocycles. The van der Waals surface area contributed by atoms with Crippen LogP contribution in [-0.4, -0.2) is 38.5 Å². The monoisotopic (exact) mass is 324 g/mol. The molecule has 0 aromatic rings. The maximum atomic E-state index is 11.2. The normalized spacial score (nSPS) is 34.1. The van der Waals surface area contributed by atoms with Crippen LogP contribution in [0.15, 0.2) is 0 Å². The standard InChI is InChI=1S/C12H21BrO3S/c1-17(14,15)8-2-5-12(9-13)6-7-16-11(12)10-3-4-10/h10-11H,2-9H2,1H3. The van der Waals surface area contributed by atoms with Gasteiger partial charge in [0, 0.05) is 29.4 Å². The van der Waals surface area contributed by atoms with E-state index < -0.39 is 9.84 Å². The van der Waals surface area contributed by atoms with E-state index in [1.165, 1.54) is 19.1 Å². The summed E-state index contributed by atoms with van der Waals surface area (Å²) in [6.07, 6.45) is 7.04. The first kappa shape index (κ1) is 13.8. The summed E-state index contributed by atoms with van der Waals surface area (Å²) < 4.78 is 28.3. The Morgan fingerprint density at radius 2 is 2.12 bits per heavy atom. The third-order valence-electron chi connectivity index (χ3n) is 4.01. The molecule has 2 unspecified atom stereocenters. The van der Waals surface area contributed by atoms with E-state index in [0.717, 1.165) is 37.1 Å². The van der Waals surface area contributed by atoms with Gasteiger partial charge in [0.1, 0.15) is 9.84 Å². The highest BCUT2D eigenvalue weighted by Crippen LogP contribution is 2.50. The fraction of sp³-hybridized carbons (Fsp3) is 1.00. The number of halogens is 1. The van der Waals surface area contributed by atoms with Crippen LogP contribution in [0.5, 0.6) is 0 Å². The molecule has 2 fully saturated rings. The van der Waals surface area contributed by atoms with E-state index in [4.69, 9.17) is 4.74 Å². The largest absolute Gasteiger partial charge is 0.377 e. The minimum Gasteiger partial charge on any atom is -0.377 e. The first-order valence-corrected chi connectivity index (χ1v) is 9.50. The zero-order valence-corrected chi connectivity index (χ0v) is 12.7. The van der Waals surface area contributed by atoms with Crippen LogP contribution in [0.4, 0.5) is 0 Å². The summed E-state index contributed by atoms with van der Waals surface area (Å²) in [6, 6.07) is 0. The smallest absolute Gasteiger partial charge is 0.147 e. The molecular weight excluding hydrogens is 304 g/mol.